The average Bonchev–Trinajstić information content (AvgIpc) is 2.20. The van der Waals surface area contributed by atoms with Crippen molar-refractivity contribution in [3.05, 3.63) is 35.4 Å². The van der Waals surface area contributed by atoms with E-state index in [1.807, 2.05) is 19.1 Å². The van der Waals surface area contributed by atoms with E-state index in [1.165, 1.54) is 11.1 Å². The number of aryl methyl sites for hydroxylation is 1. The number of ether oxygens (including phenoxy) is 1. The first-order chi connectivity index (χ1) is 6.77. The zero-order valence-corrected chi connectivity index (χ0v) is 8.69. The number of carbonyl (C=O) groups excluding carboxylic acids is 1. The maximum absolute atomic E-state index is 10.2. The Bertz CT molecular complexity index is 294. The molecule has 1 atom stereocenters. The molecule has 0 heterocycles. The molecule has 0 aliphatic carbocycles. The van der Waals surface area contributed by atoms with Gasteiger partial charge < -0.3 is 4.74 Å². The summed E-state index contributed by atoms with van der Waals surface area (Å²) in [4.78, 5) is 10.2. The van der Waals surface area contributed by atoms with Crippen LogP contribution in [0.4, 0.5) is 0 Å². The van der Waals surface area contributed by atoms with Crippen molar-refractivity contribution >= 4 is 6.47 Å². The molecule has 1 aromatic rings. The minimum Gasteiger partial charge on any atom is -0.464 e. The molecule has 0 aliphatic rings. The highest BCUT2D eigenvalue weighted by Gasteiger charge is 2.08. The van der Waals surface area contributed by atoms with E-state index in [0.717, 1.165) is 12.8 Å². The second kappa shape index (κ2) is 5.43. The Morgan fingerprint density at radius 3 is 2.71 bits per heavy atom. The maximum Gasteiger partial charge on any atom is 0.293 e. The van der Waals surface area contributed by atoms with Gasteiger partial charge in [-0.05, 0) is 24.5 Å². The lowest BCUT2D eigenvalue weighted by Gasteiger charge is -2.14. The third kappa shape index (κ3) is 2.87. The molecule has 76 valence electrons. The topological polar surface area (TPSA) is 26.3 Å². The number of benzene rings is 1. The predicted octanol–water partition coefficient (Wildman–Crippen LogP) is 2.49. The molecule has 2 nitrogen and oxygen atoms in total. The van der Waals surface area contributed by atoms with Gasteiger partial charge in [0.05, 0.1) is 0 Å². The maximum atomic E-state index is 10.2. The lowest BCUT2D eigenvalue weighted by Crippen LogP contribution is -2.14. The lowest BCUT2D eigenvalue weighted by molar-refractivity contribution is -0.133. The van der Waals surface area contributed by atoms with Crippen LogP contribution in [0, 0.1) is 6.92 Å². The molecule has 0 saturated heterocycles. The molecule has 0 amide bonds. The first-order valence-corrected chi connectivity index (χ1v) is 4.91. The van der Waals surface area contributed by atoms with Crippen LogP contribution in [0.5, 0.6) is 0 Å². The van der Waals surface area contributed by atoms with Crippen molar-refractivity contribution in [2.24, 2.45) is 0 Å². The van der Waals surface area contributed by atoms with Gasteiger partial charge in [-0.2, -0.15) is 0 Å². The fourth-order valence-corrected chi connectivity index (χ4v) is 1.45. The smallest absolute Gasteiger partial charge is 0.293 e. The summed E-state index contributed by atoms with van der Waals surface area (Å²) in [7, 11) is 0. The molecule has 0 spiro atoms. The van der Waals surface area contributed by atoms with E-state index in [1.54, 1.807) is 0 Å². The quantitative estimate of drug-likeness (QED) is 0.670. The number of hydrogen-bond acceptors (Lipinski definition) is 2. The number of hydrogen-bond donors (Lipinski definition) is 0. The van der Waals surface area contributed by atoms with Crippen molar-refractivity contribution in [2.45, 2.75) is 32.8 Å². The predicted molar refractivity (Wildman–Crippen MR) is 56.1 cm³/mol. The Morgan fingerprint density at radius 2 is 2.14 bits per heavy atom. The van der Waals surface area contributed by atoms with Gasteiger partial charge in [0.1, 0.15) is 6.10 Å². The van der Waals surface area contributed by atoms with E-state index >= 15 is 0 Å². The molecule has 1 aromatic carbocycles. The first-order valence-electron chi connectivity index (χ1n) is 4.91. The minimum absolute atomic E-state index is 0.00796. The normalized spacial score (nSPS) is 12.1. The van der Waals surface area contributed by atoms with Crippen molar-refractivity contribution in [3.63, 3.8) is 0 Å². The molecule has 1 unspecified atom stereocenters. The average molecular weight is 192 g/mol. The zero-order chi connectivity index (χ0) is 10.4. The molecule has 1 rings (SSSR count). The van der Waals surface area contributed by atoms with Crippen molar-refractivity contribution in [3.8, 4) is 0 Å². The highest BCUT2D eigenvalue weighted by molar-refractivity contribution is 5.37. The Labute approximate surface area is 84.9 Å². The Morgan fingerprint density at radius 1 is 1.43 bits per heavy atom. The van der Waals surface area contributed by atoms with Crippen LogP contribution in [-0.2, 0) is 16.0 Å². The Balaban J connectivity index is 2.66. The summed E-state index contributed by atoms with van der Waals surface area (Å²) in [5, 5.41) is 0. The van der Waals surface area contributed by atoms with Crippen LogP contribution in [-0.4, -0.2) is 12.6 Å². The van der Waals surface area contributed by atoms with E-state index in [4.69, 9.17) is 4.74 Å². The fraction of sp³-hybridized carbons (Fsp3) is 0.417. The van der Waals surface area contributed by atoms with Crippen LogP contribution in [0.25, 0.3) is 0 Å². The molecule has 0 saturated carbocycles. The molecule has 0 fully saturated rings. The molecule has 0 bridgehead atoms. The summed E-state index contributed by atoms with van der Waals surface area (Å²) in [6, 6.07) is 8.17. The standard InChI is InChI=1S/C12H16O2/c1-3-12(14-9-13)8-11-7-5-4-6-10(11)2/h4-7,9,12H,3,8H2,1-2H3. The van der Waals surface area contributed by atoms with E-state index in [9.17, 15) is 4.79 Å². The van der Waals surface area contributed by atoms with Gasteiger partial charge in [-0.3, -0.25) is 4.79 Å². The van der Waals surface area contributed by atoms with Gasteiger partial charge in [0.15, 0.2) is 0 Å². The van der Waals surface area contributed by atoms with E-state index in [2.05, 4.69) is 19.1 Å². The van der Waals surface area contributed by atoms with Gasteiger partial charge in [-0.25, -0.2) is 0 Å². The van der Waals surface area contributed by atoms with Crippen LogP contribution in [0.1, 0.15) is 24.5 Å². The van der Waals surface area contributed by atoms with Crippen molar-refractivity contribution in [1.82, 2.24) is 0 Å². The van der Waals surface area contributed by atoms with Crippen LogP contribution in [0.15, 0.2) is 24.3 Å². The van der Waals surface area contributed by atoms with Crippen LogP contribution in [0.2, 0.25) is 0 Å². The highest BCUT2D eigenvalue weighted by atomic mass is 16.5. The monoisotopic (exact) mass is 192 g/mol. The summed E-state index contributed by atoms with van der Waals surface area (Å²) in [5.74, 6) is 0. The van der Waals surface area contributed by atoms with Crippen molar-refractivity contribution in [2.75, 3.05) is 0 Å². The Kier molecular flexibility index (Phi) is 4.17. The summed E-state index contributed by atoms with van der Waals surface area (Å²) < 4.78 is 4.97. The second-order valence-electron chi connectivity index (χ2n) is 3.39. The first kappa shape index (κ1) is 10.8. The molecule has 2 heteroatoms. The minimum atomic E-state index is 0.00796. The van der Waals surface area contributed by atoms with Gasteiger partial charge in [0, 0.05) is 6.42 Å². The second-order valence-corrected chi connectivity index (χ2v) is 3.39. The van der Waals surface area contributed by atoms with Crippen LogP contribution < -0.4 is 0 Å². The summed E-state index contributed by atoms with van der Waals surface area (Å²) in [5.41, 5.74) is 2.50. The third-order valence-corrected chi connectivity index (χ3v) is 2.41. The van der Waals surface area contributed by atoms with Gasteiger partial charge in [0.25, 0.3) is 6.47 Å². The molecule has 14 heavy (non-hydrogen) atoms. The molecule has 0 radical (unpaired) electrons. The van der Waals surface area contributed by atoms with Crippen molar-refractivity contribution in [1.29, 1.82) is 0 Å². The molecule has 0 aliphatic heterocycles. The number of rotatable bonds is 5. The Hall–Kier alpha value is -1.31. The number of carbonyl (C=O) groups is 1. The van der Waals surface area contributed by atoms with Gasteiger partial charge in [-0.15, -0.1) is 0 Å². The van der Waals surface area contributed by atoms with Gasteiger partial charge in [-0.1, -0.05) is 31.2 Å². The summed E-state index contributed by atoms with van der Waals surface area (Å²) in [6.45, 7) is 4.63. The van der Waals surface area contributed by atoms with Crippen LogP contribution in [0.3, 0.4) is 0 Å². The van der Waals surface area contributed by atoms with E-state index in [-0.39, 0.29) is 6.10 Å². The van der Waals surface area contributed by atoms with E-state index in [0.29, 0.717) is 6.47 Å². The SMILES string of the molecule is CCC(Cc1ccccc1C)OC=O. The summed E-state index contributed by atoms with van der Waals surface area (Å²) >= 11 is 0. The largest absolute Gasteiger partial charge is 0.464 e. The third-order valence-electron chi connectivity index (χ3n) is 2.41. The molecular weight excluding hydrogens is 176 g/mol. The molecule has 0 N–H and O–H groups in total. The zero-order valence-electron chi connectivity index (χ0n) is 8.69. The molecule has 0 aromatic heterocycles. The summed E-state index contributed by atoms with van der Waals surface area (Å²) in [6.07, 6.45) is 1.67. The fourth-order valence-electron chi connectivity index (χ4n) is 1.45. The highest BCUT2D eigenvalue weighted by Crippen LogP contribution is 2.12. The van der Waals surface area contributed by atoms with Gasteiger partial charge >= 0.3 is 0 Å². The van der Waals surface area contributed by atoms with Crippen LogP contribution >= 0.6 is 0 Å². The van der Waals surface area contributed by atoms with Crippen molar-refractivity contribution < 1.29 is 9.53 Å². The van der Waals surface area contributed by atoms with E-state index < -0.39 is 0 Å². The molecular formula is C12H16O2. The lowest BCUT2D eigenvalue weighted by atomic mass is 10.0. The van der Waals surface area contributed by atoms with Gasteiger partial charge in [0.2, 0.25) is 0 Å².